The largest absolute Gasteiger partial charge is 0.481 e. The van der Waals surface area contributed by atoms with E-state index in [0.717, 1.165) is 0 Å². The predicted molar refractivity (Wildman–Crippen MR) is 98.8 cm³/mol. The van der Waals surface area contributed by atoms with Crippen molar-refractivity contribution in [3.63, 3.8) is 0 Å². The summed E-state index contributed by atoms with van der Waals surface area (Å²) in [7, 11) is 1.70. The van der Waals surface area contributed by atoms with Gasteiger partial charge in [0.05, 0.1) is 0 Å². The van der Waals surface area contributed by atoms with Gasteiger partial charge in [-0.1, -0.05) is 13.8 Å². The number of aryl methyl sites for hydroxylation is 1. The molecule has 27 heavy (non-hydrogen) atoms. The van der Waals surface area contributed by atoms with Gasteiger partial charge in [0.25, 0.3) is 5.91 Å². The van der Waals surface area contributed by atoms with Crippen LogP contribution in [0.25, 0.3) is 10.9 Å². The fourth-order valence-corrected chi connectivity index (χ4v) is 2.85. The van der Waals surface area contributed by atoms with Crippen molar-refractivity contribution in [2.75, 3.05) is 6.54 Å². The smallest absolute Gasteiger partial charge is 0.303 e. The third kappa shape index (κ3) is 5.06. The number of carbonyl (C=O) groups is 3. The summed E-state index contributed by atoms with van der Waals surface area (Å²) in [6.07, 6.45) is 0.278. The van der Waals surface area contributed by atoms with Crippen molar-refractivity contribution in [1.29, 1.82) is 0 Å². The number of aliphatic carboxylic acids is 1. The van der Waals surface area contributed by atoms with Gasteiger partial charge in [-0.05, 0) is 36.6 Å². The van der Waals surface area contributed by atoms with E-state index in [1.54, 1.807) is 37.6 Å². The van der Waals surface area contributed by atoms with Gasteiger partial charge in [0, 0.05) is 30.9 Å². The van der Waals surface area contributed by atoms with Crippen LogP contribution in [0.1, 0.15) is 37.2 Å². The van der Waals surface area contributed by atoms with Gasteiger partial charge in [-0.3, -0.25) is 14.4 Å². The molecule has 2 amide bonds. The molecule has 1 aromatic carbocycles. The highest BCUT2D eigenvalue weighted by Gasteiger charge is 2.25. The topological polar surface area (TPSA) is 100 Å². The number of hydrogen-bond acceptors (Lipinski definition) is 3. The quantitative estimate of drug-likeness (QED) is 0.613. The molecule has 146 valence electrons. The molecular formula is C19H24FN3O4. The normalized spacial score (nSPS) is 12.2. The highest BCUT2D eigenvalue weighted by Crippen LogP contribution is 2.20. The highest BCUT2D eigenvalue weighted by molar-refractivity contribution is 6.00. The van der Waals surface area contributed by atoms with Gasteiger partial charge in [-0.2, -0.15) is 0 Å². The second-order valence-corrected chi connectivity index (χ2v) is 6.78. The molecule has 1 atom stereocenters. The molecule has 0 saturated carbocycles. The average molecular weight is 377 g/mol. The number of carboxylic acid groups (broad SMARTS) is 1. The first-order valence-electron chi connectivity index (χ1n) is 8.76. The third-order valence-corrected chi connectivity index (χ3v) is 4.34. The molecule has 1 heterocycles. The number of carboxylic acids is 1. The number of fused-ring (bicyclic) bond motifs is 1. The summed E-state index contributed by atoms with van der Waals surface area (Å²) in [5.74, 6) is -2.28. The Morgan fingerprint density at radius 3 is 2.56 bits per heavy atom. The minimum absolute atomic E-state index is 0.0362. The molecule has 0 spiro atoms. The van der Waals surface area contributed by atoms with Crippen LogP contribution in [0.5, 0.6) is 0 Å². The molecule has 1 aromatic heterocycles. The van der Waals surface area contributed by atoms with Gasteiger partial charge in [0.1, 0.15) is 17.6 Å². The lowest BCUT2D eigenvalue weighted by atomic mass is 10.0. The summed E-state index contributed by atoms with van der Waals surface area (Å²) in [6.45, 7) is 3.83. The Morgan fingerprint density at radius 2 is 1.93 bits per heavy atom. The van der Waals surface area contributed by atoms with E-state index in [1.165, 1.54) is 12.1 Å². The molecule has 0 bridgehead atoms. The van der Waals surface area contributed by atoms with Gasteiger partial charge < -0.3 is 20.3 Å². The monoisotopic (exact) mass is 377 g/mol. The van der Waals surface area contributed by atoms with E-state index < -0.39 is 17.9 Å². The number of aromatic nitrogens is 1. The first kappa shape index (κ1) is 20.4. The fourth-order valence-electron chi connectivity index (χ4n) is 2.85. The maximum atomic E-state index is 13.4. The van der Waals surface area contributed by atoms with E-state index >= 15 is 0 Å². The molecule has 0 radical (unpaired) electrons. The van der Waals surface area contributed by atoms with Crippen LogP contribution in [-0.4, -0.2) is 40.0 Å². The van der Waals surface area contributed by atoms with Crippen LogP contribution in [0, 0.1) is 11.7 Å². The van der Waals surface area contributed by atoms with Crippen LogP contribution in [0.3, 0.4) is 0 Å². The summed E-state index contributed by atoms with van der Waals surface area (Å²) in [6, 6.07) is 5.08. The summed E-state index contributed by atoms with van der Waals surface area (Å²) in [5.41, 5.74) is 1.03. The molecule has 2 aromatic rings. The summed E-state index contributed by atoms with van der Waals surface area (Å²) < 4.78 is 15.0. The predicted octanol–water partition coefficient (Wildman–Crippen LogP) is 2.05. The van der Waals surface area contributed by atoms with E-state index in [2.05, 4.69) is 10.6 Å². The van der Waals surface area contributed by atoms with Gasteiger partial charge in [-0.15, -0.1) is 0 Å². The number of amides is 2. The molecule has 0 fully saturated rings. The number of rotatable bonds is 8. The van der Waals surface area contributed by atoms with E-state index in [4.69, 9.17) is 5.11 Å². The Morgan fingerprint density at radius 1 is 1.22 bits per heavy atom. The van der Waals surface area contributed by atoms with Crippen LogP contribution in [0.4, 0.5) is 4.39 Å². The second-order valence-electron chi connectivity index (χ2n) is 6.78. The van der Waals surface area contributed by atoms with Crippen molar-refractivity contribution in [3.8, 4) is 0 Å². The molecule has 3 N–H and O–H groups in total. The molecular weight excluding hydrogens is 353 g/mol. The van der Waals surface area contributed by atoms with Crippen molar-refractivity contribution in [1.82, 2.24) is 15.2 Å². The van der Waals surface area contributed by atoms with Crippen LogP contribution >= 0.6 is 0 Å². The van der Waals surface area contributed by atoms with E-state index in [1.807, 2.05) is 0 Å². The van der Waals surface area contributed by atoms with Crippen molar-refractivity contribution in [3.05, 3.63) is 35.8 Å². The van der Waals surface area contributed by atoms with Crippen molar-refractivity contribution in [2.24, 2.45) is 13.0 Å². The van der Waals surface area contributed by atoms with Gasteiger partial charge in [-0.25, -0.2) is 4.39 Å². The molecule has 0 aliphatic heterocycles. The molecule has 2 rings (SSSR count). The minimum Gasteiger partial charge on any atom is -0.481 e. The molecule has 1 unspecified atom stereocenters. The van der Waals surface area contributed by atoms with E-state index in [9.17, 15) is 18.8 Å². The number of carbonyl (C=O) groups excluding carboxylic acids is 2. The maximum absolute atomic E-state index is 13.4. The minimum atomic E-state index is -0.926. The zero-order chi connectivity index (χ0) is 20.1. The fraction of sp³-hybridized carbons (Fsp3) is 0.421. The summed E-state index contributed by atoms with van der Waals surface area (Å²) >= 11 is 0. The van der Waals surface area contributed by atoms with Gasteiger partial charge in [0.15, 0.2) is 0 Å². The Labute approximate surface area is 156 Å². The SMILES string of the molecule is CC(C)C(NC(=O)c1cc2cc(F)ccc2n1C)C(=O)NCCCC(=O)O. The Balaban J connectivity index is 2.09. The standard InChI is InChI=1S/C19H24FN3O4/c1-11(2)17(19(27)21-8-4-5-16(24)25)22-18(26)15-10-12-9-13(20)6-7-14(12)23(15)3/h6-7,9-11,17H,4-5,8H2,1-3H3,(H,21,27)(H,22,26)(H,24,25). The summed E-state index contributed by atoms with van der Waals surface area (Å²) in [5, 5.41) is 14.6. The first-order chi connectivity index (χ1) is 12.7. The summed E-state index contributed by atoms with van der Waals surface area (Å²) in [4.78, 5) is 35.6. The second kappa shape index (κ2) is 8.66. The Bertz CT molecular complexity index is 860. The van der Waals surface area contributed by atoms with Crippen LogP contribution in [0.15, 0.2) is 24.3 Å². The van der Waals surface area contributed by atoms with Crippen LogP contribution in [-0.2, 0) is 16.6 Å². The van der Waals surface area contributed by atoms with Gasteiger partial charge in [0.2, 0.25) is 5.91 Å². The third-order valence-electron chi connectivity index (χ3n) is 4.34. The lowest BCUT2D eigenvalue weighted by Crippen LogP contribution is -2.50. The number of halogens is 1. The first-order valence-corrected chi connectivity index (χ1v) is 8.76. The lowest BCUT2D eigenvalue weighted by Gasteiger charge is -2.21. The molecule has 7 nitrogen and oxygen atoms in total. The lowest BCUT2D eigenvalue weighted by molar-refractivity contribution is -0.137. The highest BCUT2D eigenvalue weighted by atomic mass is 19.1. The van der Waals surface area contributed by atoms with Crippen molar-refractivity contribution >= 4 is 28.7 Å². The Hall–Kier alpha value is -2.90. The van der Waals surface area contributed by atoms with Crippen LogP contribution in [0.2, 0.25) is 0 Å². The molecule has 0 aliphatic rings. The zero-order valence-corrected chi connectivity index (χ0v) is 15.6. The van der Waals surface area contributed by atoms with Crippen LogP contribution < -0.4 is 10.6 Å². The van der Waals surface area contributed by atoms with Gasteiger partial charge >= 0.3 is 5.97 Å². The van der Waals surface area contributed by atoms with Crippen molar-refractivity contribution in [2.45, 2.75) is 32.7 Å². The Kier molecular flexibility index (Phi) is 6.55. The average Bonchev–Trinajstić information content (AvgIpc) is 2.91. The zero-order valence-electron chi connectivity index (χ0n) is 15.6. The molecule has 0 aliphatic carbocycles. The number of nitrogens with zero attached hydrogens (tertiary/aromatic N) is 1. The number of nitrogens with one attached hydrogen (secondary N) is 2. The molecule has 0 saturated heterocycles. The number of hydrogen-bond donors (Lipinski definition) is 3. The molecule has 8 heteroatoms. The van der Waals surface area contributed by atoms with Crippen molar-refractivity contribution < 1.29 is 23.9 Å². The maximum Gasteiger partial charge on any atom is 0.303 e. The van der Waals surface area contributed by atoms with E-state index in [0.29, 0.717) is 23.0 Å². The number of benzene rings is 1. The van der Waals surface area contributed by atoms with E-state index in [-0.39, 0.29) is 30.6 Å².